The van der Waals surface area contributed by atoms with Crippen LogP contribution >= 0.6 is 0 Å². The molecule has 0 amide bonds. The molecule has 0 saturated carbocycles. The van der Waals surface area contributed by atoms with Crippen molar-refractivity contribution in [2.24, 2.45) is 0 Å². The van der Waals surface area contributed by atoms with Crippen molar-refractivity contribution in [2.45, 2.75) is 33.3 Å². The molecule has 0 saturated heterocycles. The third-order valence-corrected chi connectivity index (χ3v) is 1.84. The van der Waals surface area contributed by atoms with Crippen LogP contribution < -0.4 is 0 Å². The highest BCUT2D eigenvalue weighted by molar-refractivity contribution is 5.89. The van der Waals surface area contributed by atoms with Crippen molar-refractivity contribution in [2.75, 3.05) is 0 Å². The predicted molar refractivity (Wildman–Crippen MR) is 64.1 cm³/mol. The summed E-state index contributed by atoms with van der Waals surface area (Å²) >= 11 is 0. The van der Waals surface area contributed by atoms with Crippen LogP contribution in [0.2, 0.25) is 0 Å². The fourth-order valence-electron chi connectivity index (χ4n) is 1.10. The molecule has 0 bridgehead atoms. The smallest absolute Gasteiger partial charge is 0.340 e. The fraction of sp³-hybridized carbons (Fsp3) is 0.385. The Morgan fingerprint density at radius 1 is 1.38 bits per heavy atom. The highest BCUT2D eigenvalue weighted by Crippen LogP contribution is 2.13. The summed E-state index contributed by atoms with van der Waals surface area (Å²) in [5.41, 5.74) is 1.63. The van der Waals surface area contributed by atoms with Crippen molar-refractivity contribution in [1.29, 1.82) is 0 Å². The minimum atomic E-state index is -0.482. The summed E-state index contributed by atoms with van der Waals surface area (Å²) in [6.45, 7) is 11.2. The van der Waals surface area contributed by atoms with Crippen LogP contribution in [-0.4, -0.2) is 16.6 Å². The van der Waals surface area contributed by atoms with E-state index in [-0.39, 0.29) is 5.97 Å². The Morgan fingerprint density at radius 2 is 2.00 bits per heavy atom. The molecule has 16 heavy (non-hydrogen) atoms. The second kappa shape index (κ2) is 4.47. The van der Waals surface area contributed by atoms with Gasteiger partial charge in [0, 0.05) is 6.20 Å². The lowest BCUT2D eigenvalue weighted by Crippen LogP contribution is -2.23. The summed E-state index contributed by atoms with van der Waals surface area (Å²) in [4.78, 5) is 15.8. The molecule has 0 unspecified atom stereocenters. The summed E-state index contributed by atoms with van der Waals surface area (Å²) in [6.07, 6.45) is 1.51. The van der Waals surface area contributed by atoms with Crippen molar-refractivity contribution < 1.29 is 9.53 Å². The maximum Gasteiger partial charge on any atom is 0.340 e. The number of carbonyl (C=O) groups excluding carboxylic acids is 1. The summed E-state index contributed by atoms with van der Waals surface area (Å²) < 4.78 is 5.22. The Kier molecular flexibility index (Phi) is 3.48. The van der Waals surface area contributed by atoms with E-state index in [1.165, 1.54) is 6.20 Å². The van der Waals surface area contributed by atoms with E-state index in [1.807, 2.05) is 27.7 Å². The van der Waals surface area contributed by atoms with E-state index < -0.39 is 5.60 Å². The van der Waals surface area contributed by atoms with E-state index in [9.17, 15) is 4.79 Å². The van der Waals surface area contributed by atoms with Crippen LogP contribution in [0.3, 0.4) is 0 Å². The first-order chi connectivity index (χ1) is 7.29. The Morgan fingerprint density at radius 3 is 2.38 bits per heavy atom. The average Bonchev–Trinajstić information content (AvgIpc) is 2.15. The lowest BCUT2D eigenvalue weighted by atomic mass is 10.1. The van der Waals surface area contributed by atoms with Crippen LogP contribution in [0.25, 0.3) is 5.57 Å². The van der Waals surface area contributed by atoms with E-state index >= 15 is 0 Å². The lowest BCUT2D eigenvalue weighted by Gasteiger charge is -2.19. The number of rotatable bonds is 2. The Hall–Kier alpha value is -1.64. The van der Waals surface area contributed by atoms with E-state index in [1.54, 1.807) is 12.1 Å². The molecule has 0 aromatic carbocycles. The van der Waals surface area contributed by atoms with Gasteiger partial charge in [-0.3, -0.25) is 4.98 Å². The second-order valence-corrected chi connectivity index (χ2v) is 4.71. The summed E-state index contributed by atoms with van der Waals surface area (Å²) in [5, 5.41) is 0. The van der Waals surface area contributed by atoms with Crippen LogP contribution in [0.1, 0.15) is 43.7 Å². The van der Waals surface area contributed by atoms with Gasteiger partial charge < -0.3 is 4.74 Å². The molecule has 0 aliphatic carbocycles. The zero-order valence-corrected chi connectivity index (χ0v) is 10.2. The second-order valence-electron chi connectivity index (χ2n) is 4.71. The largest absolute Gasteiger partial charge is 0.456 e. The molecule has 0 radical (unpaired) electrons. The zero-order chi connectivity index (χ0) is 12.3. The molecule has 86 valence electrons. The van der Waals surface area contributed by atoms with Crippen molar-refractivity contribution in [3.8, 4) is 0 Å². The van der Waals surface area contributed by atoms with E-state index in [0.29, 0.717) is 5.56 Å². The molecule has 3 heteroatoms. The summed E-state index contributed by atoms with van der Waals surface area (Å²) in [6, 6.07) is 3.46. The number of esters is 1. The fourth-order valence-corrected chi connectivity index (χ4v) is 1.10. The Bertz CT molecular complexity index is 399. The molecule has 1 heterocycles. The topological polar surface area (TPSA) is 39.2 Å². The van der Waals surface area contributed by atoms with Crippen molar-refractivity contribution in [3.05, 3.63) is 36.2 Å². The first-order valence-electron chi connectivity index (χ1n) is 5.15. The highest BCUT2D eigenvalue weighted by Gasteiger charge is 2.17. The third kappa shape index (κ3) is 3.50. The van der Waals surface area contributed by atoms with E-state index in [0.717, 1.165) is 11.3 Å². The minimum absolute atomic E-state index is 0.353. The molecular formula is C13H17NO2. The predicted octanol–water partition coefficient (Wildman–Crippen LogP) is 3.07. The van der Waals surface area contributed by atoms with Crippen LogP contribution in [0.4, 0.5) is 0 Å². The van der Waals surface area contributed by atoms with E-state index in [2.05, 4.69) is 11.6 Å². The molecule has 0 atom stereocenters. The molecule has 3 nitrogen and oxygen atoms in total. The summed E-state index contributed by atoms with van der Waals surface area (Å²) in [7, 11) is 0. The number of nitrogens with zero attached hydrogens (tertiary/aromatic N) is 1. The normalized spacial score (nSPS) is 11.0. The van der Waals surface area contributed by atoms with Gasteiger partial charge in [-0.1, -0.05) is 6.58 Å². The molecule has 1 aromatic rings. The van der Waals surface area contributed by atoms with Gasteiger partial charge in [0.2, 0.25) is 0 Å². The summed E-state index contributed by atoms with van der Waals surface area (Å²) in [5.74, 6) is -0.353. The number of hydrogen-bond acceptors (Lipinski definition) is 3. The molecule has 1 rings (SSSR count). The minimum Gasteiger partial charge on any atom is -0.456 e. The maximum absolute atomic E-state index is 11.7. The van der Waals surface area contributed by atoms with Gasteiger partial charge in [-0.05, 0) is 45.4 Å². The lowest BCUT2D eigenvalue weighted by molar-refractivity contribution is 0.00691. The average molecular weight is 219 g/mol. The number of hydrogen-bond donors (Lipinski definition) is 0. The standard InChI is InChI=1S/C13H17NO2/c1-9(2)11-7-6-10(8-14-11)12(15)16-13(3,4)5/h6-8H,1H2,2-5H3. The van der Waals surface area contributed by atoms with Crippen molar-refractivity contribution >= 4 is 11.5 Å². The SMILES string of the molecule is C=C(C)c1ccc(C(=O)OC(C)(C)C)cn1. The van der Waals surface area contributed by atoms with E-state index in [4.69, 9.17) is 4.74 Å². The molecule has 1 aromatic heterocycles. The van der Waals surface area contributed by atoms with Gasteiger partial charge in [-0.15, -0.1) is 0 Å². The first-order valence-corrected chi connectivity index (χ1v) is 5.15. The van der Waals surface area contributed by atoms with Gasteiger partial charge in [0.05, 0.1) is 11.3 Å². The van der Waals surface area contributed by atoms with Crippen LogP contribution in [0, 0.1) is 0 Å². The molecular weight excluding hydrogens is 202 g/mol. The van der Waals surface area contributed by atoms with Gasteiger partial charge in [0.1, 0.15) is 5.60 Å². The molecule has 0 aliphatic rings. The van der Waals surface area contributed by atoms with Gasteiger partial charge in [-0.2, -0.15) is 0 Å². The number of ether oxygens (including phenoxy) is 1. The van der Waals surface area contributed by atoms with Gasteiger partial charge in [0.15, 0.2) is 0 Å². The quantitative estimate of drug-likeness (QED) is 0.717. The highest BCUT2D eigenvalue weighted by atomic mass is 16.6. The van der Waals surface area contributed by atoms with Crippen LogP contribution in [0.5, 0.6) is 0 Å². The monoisotopic (exact) mass is 219 g/mol. The Labute approximate surface area is 96.2 Å². The third-order valence-electron chi connectivity index (χ3n) is 1.84. The van der Waals surface area contributed by atoms with Crippen molar-refractivity contribution in [3.63, 3.8) is 0 Å². The molecule has 0 fully saturated rings. The maximum atomic E-state index is 11.7. The first kappa shape index (κ1) is 12.4. The van der Waals surface area contributed by atoms with Gasteiger partial charge >= 0.3 is 5.97 Å². The van der Waals surface area contributed by atoms with Crippen LogP contribution in [0.15, 0.2) is 24.9 Å². The zero-order valence-electron chi connectivity index (χ0n) is 10.2. The van der Waals surface area contributed by atoms with Crippen molar-refractivity contribution in [1.82, 2.24) is 4.98 Å². The number of carbonyl (C=O) groups is 1. The molecule has 0 N–H and O–H groups in total. The molecule has 0 spiro atoms. The number of allylic oxidation sites excluding steroid dienone is 1. The van der Waals surface area contributed by atoms with Gasteiger partial charge in [0.25, 0.3) is 0 Å². The Balaban J connectivity index is 2.82. The van der Waals surface area contributed by atoms with Gasteiger partial charge in [-0.25, -0.2) is 4.79 Å². The molecule has 0 aliphatic heterocycles. The number of pyridine rings is 1. The number of aromatic nitrogens is 1. The van der Waals surface area contributed by atoms with Crippen LogP contribution in [-0.2, 0) is 4.74 Å².